The third-order valence-corrected chi connectivity index (χ3v) is 5.15. The van der Waals surface area contributed by atoms with Crippen molar-refractivity contribution in [3.05, 3.63) is 47.3 Å². The Kier molecular flexibility index (Phi) is 3.12. The maximum Gasteiger partial charge on any atom is 0.258 e. The second-order valence-corrected chi connectivity index (χ2v) is 6.51. The van der Waals surface area contributed by atoms with Crippen LogP contribution in [-0.2, 0) is 5.41 Å². The van der Waals surface area contributed by atoms with Crippen molar-refractivity contribution in [2.45, 2.75) is 39.0 Å². The van der Waals surface area contributed by atoms with E-state index in [9.17, 15) is 4.79 Å². The van der Waals surface area contributed by atoms with E-state index in [-0.39, 0.29) is 11.3 Å². The van der Waals surface area contributed by atoms with Crippen molar-refractivity contribution in [1.29, 1.82) is 0 Å². The average Bonchev–Trinajstić information content (AvgIpc) is 3.04. The van der Waals surface area contributed by atoms with Gasteiger partial charge in [-0.15, -0.1) is 0 Å². The fraction of sp³-hybridized carbons (Fsp3) is 0.412. The second-order valence-electron chi connectivity index (χ2n) is 6.51. The molecule has 2 N–H and O–H groups in total. The van der Waals surface area contributed by atoms with E-state index < -0.39 is 0 Å². The molecule has 4 heteroatoms. The van der Waals surface area contributed by atoms with Crippen LogP contribution in [-0.4, -0.2) is 16.1 Å². The molecule has 0 bridgehead atoms. The van der Waals surface area contributed by atoms with Gasteiger partial charge < -0.3 is 5.32 Å². The Morgan fingerprint density at radius 3 is 2.76 bits per heavy atom. The molecule has 21 heavy (non-hydrogen) atoms. The molecule has 0 saturated carbocycles. The van der Waals surface area contributed by atoms with Crippen LogP contribution in [0.15, 0.2) is 30.6 Å². The summed E-state index contributed by atoms with van der Waals surface area (Å²) >= 11 is 0. The number of aromatic nitrogens is 2. The predicted octanol–water partition coefficient (Wildman–Crippen LogP) is 3.69. The number of carbonyl (C=O) groups is 1. The van der Waals surface area contributed by atoms with Crippen molar-refractivity contribution in [2.24, 2.45) is 5.92 Å². The van der Waals surface area contributed by atoms with Crippen molar-refractivity contribution < 1.29 is 4.79 Å². The van der Waals surface area contributed by atoms with Gasteiger partial charge in [-0.1, -0.05) is 39.8 Å². The minimum atomic E-state index is -0.123. The van der Waals surface area contributed by atoms with E-state index in [0.717, 1.165) is 5.69 Å². The number of hydrogen-bond acceptors (Lipinski definition) is 2. The van der Waals surface area contributed by atoms with Gasteiger partial charge in [-0.3, -0.25) is 9.89 Å². The molecule has 110 valence electrons. The van der Waals surface area contributed by atoms with Crippen LogP contribution in [0.2, 0.25) is 0 Å². The Morgan fingerprint density at radius 1 is 1.33 bits per heavy atom. The smallest absolute Gasteiger partial charge is 0.258 e. The third-order valence-electron chi connectivity index (χ3n) is 5.15. The number of carbonyl (C=O) groups excluding carboxylic acids is 1. The standard InChI is InChI=1S/C17H21N3O/c1-10-11(2)17(3,4)13-6-5-7-14(15(10)13)20-16(21)12-8-18-19-9-12/h5-11H,1-4H3,(H,18,19)(H,20,21)/t10-,11?/m1/s1. The summed E-state index contributed by atoms with van der Waals surface area (Å²) in [6, 6.07) is 6.20. The molecule has 4 nitrogen and oxygen atoms in total. The molecule has 1 aliphatic carbocycles. The quantitative estimate of drug-likeness (QED) is 0.883. The number of nitrogens with zero attached hydrogens (tertiary/aromatic N) is 1. The Hall–Kier alpha value is -2.10. The highest BCUT2D eigenvalue weighted by atomic mass is 16.1. The van der Waals surface area contributed by atoms with Crippen LogP contribution in [0.1, 0.15) is 55.1 Å². The second kappa shape index (κ2) is 4.72. The fourth-order valence-corrected chi connectivity index (χ4v) is 3.42. The number of rotatable bonds is 2. The number of anilines is 1. The molecule has 2 atom stereocenters. The van der Waals surface area contributed by atoms with E-state index >= 15 is 0 Å². The molecule has 2 aromatic rings. The van der Waals surface area contributed by atoms with E-state index in [4.69, 9.17) is 0 Å². The molecule has 0 saturated heterocycles. The lowest BCUT2D eigenvalue weighted by molar-refractivity contribution is 0.102. The lowest BCUT2D eigenvalue weighted by Gasteiger charge is -2.26. The van der Waals surface area contributed by atoms with Crippen LogP contribution in [0, 0.1) is 5.92 Å². The van der Waals surface area contributed by atoms with Crippen LogP contribution in [0.4, 0.5) is 5.69 Å². The summed E-state index contributed by atoms with van der Waals surface area (Å²) < 4.78 is 0. The molecule has 0 aliphatic heterocycles. The molecule has 0 fully saturated rings. The number of amides is 1. The minimum absolute atomic E-state index is 0.123. The van der Waals surface area contributed by atoms with Gasteiger partial charge in [-0.25, -0.2) is 0 Å². The van der Waals surface area contributed by atoms with Crippen molar-refractivity contribution in [2.75, 3.05) is 5.32 Å². The molecular weight excluding hydrogens is 262 g/mol. The number of hydrogen-bond donors (Lipinski definition) is 2. The topological polar surface area (TPSA) is 57.8 Å². The SMILES string of the molecule is CC1[C@@H](C)c2c(NC(=O)c3cn[nH]c3)cccc2C1(C)C. The lowest BCUT2D eigenvalue weighted by Crippen LogP contribution is -2.22. The van der Waals surface area contributed by atoms with Crippen LogP contribution in [0.5, 0.6) is 0 Å². The fourth-order valence-electron chi connectivity index (χ4n) is 3.42. The number of H-pyrrole nitrogens is 1. The lowest BCUT2D eigenvalue weighted by atomic mass is 9.78. The monoisotopic (exact) mass is 283 g/mol. The molecular formula is C17H21N3O. The number of nitrogens with one attached hydrogen (secondary N) is 2. The molecule has 0 spiro atoms. The maximum atomic E-state index is 12.3. The first-order chi connectivity index (χ1) is 9.93. The van der Waals surface area contributed by atoms with E-state index in [1.165, 1.54) is 17.3 Å². The van der Waals surface area contributed by atoms with Crippen LogP contribution >= 0.6 is 0 Å². The highest BCUT2D eigenvalue weighted by Gasteiger charge is 2.42. The Labute approximate surface area is 125 Å². The van der Waals surface area contributed by atoms with Gasteiger partial charge in [-0.05, 0) is 34.4 Å². The molecule has 1 heterocycles. The zero-order valence-corrected chi connectivity index (χ0v) is 12.9. The molecule has 3 rings (SSSR count). The van der Waals surface area contributed by atoms with Gasteiger partial charge in [0.15, 0.2) is 0 Å². The summed E-state index contributed by atoms with van der Waals surface area (Å²) in [5.41, 5.74) is 4.21. The molecule has 1 aliphatic rings. The molecule has 1 unspecified atom stereocenters. The average molecular weight is 283 g/mol. The predicted molar refractivity (Wildman–Crippen MR) is 83.6 cm³/mol. The number of aromatic amines is 1. The van der Waals surface area contributed by atoms with E-state index in [1.54, 1.807) is 6.20 Å². The highest BCUT2D eigenvalue weighted by Crippen LogP contribution is 2.52. The van der Waals surface area contributed by atoms with Gasteiger partial charge >= 0.3 is 0 Å². The minimum Gasteiger partial charge on any atom is -0.322 e. The van der Waals surface area contributed by atoms with Gasteiger partial charge in [-0.2, -0.15) is 5.10 Å². The zero-order chi connectivity index (χ0) is 15.2. The Morgan fingerprint density at radius 2 is 2.10 bits per heavy atom. The van der Waals surface area contributed by atoms with Gasteiger partial charge in [0.2, 0.25) is 0 Å². The van der Waals surface area contributed by atoms with Gasteiger partial charge in [0, 0.05) is 11.9 Å². The molecule has 1 aromatic carbocycles. The third kappa shape index (κ3) is 2.06. The molecule has 1 aromatic heterocycles. The van der Waals surface area contributed by atoms with E-state index in [1.807, 2.05) is 12.1 Å². The van der Waals surface area contributed by atoms with Crippen molar-refractivity contribution >= 4 is 11.6 Å². The van der Waals surface area contributed by atoms with Crippen LogP contribution < -0.4 is 5.32 Å². The first kappa shape index (κ1) is 13.9. The number of benzene rings is 1. The van der Waals surface area contributed by atoms with Gasteiger partial charge in [0.25, 0.3) is 5.91 Å². The maximum absolute atomic E-state index is 12.3. The largest absolute Gasteiger partial charge is 0.322 e. The zero-order valence-electron chi connectivity index (χ0n) is 12.9. The van der Waals surface area contributed by atoms with Gasteiger partial charge in [0.05, 0.1) is 11.8 Å². The summed E-state index contributed by atoms with van der Waals surface area (Å²) in [6.07, 6.45) is 3.14. The van der Waals surface area contributed by atoms with Crippen LogP contribution in [0.3, 0.4) is 0 Å². The Balaban J connectivity index is 2.00. The summed E-state index contributed by atoms with van der Waals surface area (Å²) in [5, 5.41) is 9.52. The summed E-state index contributed by atoms with van der Waals surface area (Å²) in [5.74, 6) is 0.844. The number of fused-ring (bicyclic) bond motifs is 1. The van der Waals surface area contributed by atoms with Gasteiger partial charge in [0.1, 0.15) is 0 Å². The Bertz CT molecular complexity index is 673. The van der Waals surface area contributed by atoms with Crippen molar-refractivity contribution in [1.82, 2.24) is 10.2 Å². The highest BCUT2D eigenvalue weighted by molar-refractivity contribution is 6.04. The van der Waals surface area contributed by atoms with Crippen LogP contribution in [0.25, 0.3) is 0 Å². The summed E-state index contributed by atoms with van der Waals surface area (Å²) in [7, 11) is 0. The first-order valence-corrected chi connectivity index (χ1v) is 7.36. The first-order valence-electron chi connectivity index (χ1n) is 7.36. The summed E-state index contributed by atoms with van der Waals surface area (Å²) in [4.78, 5) is 12.3. The van der Waals surface area contributed by atoms with Crippen molar-refractivity contribution in [3.63, 3.8) is 0 Å². The normalized spacial score (nSPS) is 22.9. The summed E-state index contributed by atoms with van der Waals surface area (Å²) in [6.45, 7) is 9.08. The van der Waals surface area contributed by atoms with E-state index in [0.29, 0.717) is 17.4 Å². The van der Waals surface area contributed by atoms with E-state index in [2.05, 4.69) is 49.3 Å². The molecule has 1 amide bonds. The van der Waals surface area contributed by atoms with Crippen molar-refractivity contribution in [3.8, 4) is 0 Å². The molecule has 0 radical (unpaired) electrons.